The van der Waals surface area contributed by atoms with Gasteiger partial charge in [-0.25, -0.2) is 14.8 Å². The van der Waals surface area contributed by atoms with Crippen molar-refractivity contribution in [3.05, 3.63) is 48.3 Å². The predicted octanol–water partition coefficient (Wildman–Crippen LogP) is 4.11. The molecular formula is C26H26F3N7O4. The Morgan fingerprint density at radius 1 is 1.25 bits per heavy atom. The average molecular weight is 558 g/mol. The number of carbonyl (C=O) groups excluding carboxylic acids is 1. The van der Waals surface area contributed by atoms with Gasteiger partial charge in [0, 0.05) is 24.7 Å². The van der Waals surface area contributed by atoms with E-state index in [1.54, 1.807) is 12.3 Å². The number of hydrogen-bond acceptors (Lipinski definition) is 9. The quantitative estimate of drug-likeness (QED) is 0.495. The topological polar surface area (TPSA) is 115 Å². The minimum atomic E-state index is -4.50. The molecular weight excluding hydrogens is 531 g/mol. The van der Waals surface area contributed by atoms with Crippen molar-refractivity contribution in [1.29, 1.82) is 0 Å². The first-order chi connectivity index (χ1) is 19.1. The van der Waals surface area contributed by atoms with Crippen LogP contribution in [-0.4, -0.2) is 70.4 Å². The minimum Gasteiger partial charge on any atom is -0.474 e. The van der Waals surface area contributed by atoms with Crippen LogP contribution in [0.2, 0.25) is 0 Å². The molecule has 0 aliphatic carbocycles. The fraction of sp³-hybridized carbons (Fsp3) is 0.423. The number of nitrogens with one attached hydrogen (secondary N) is 1. The molecule has 2 saturated heterocycles. The van der Waals surface area contributed by atoms with Gasteiger partial charge in [0.1, 0.15) is 12.7 Å². The van der Waals surface area contributed by atoms with E-state index in [9.17, 15) is 18.0 Å². The highest BCUT2D eigenvalue weighted by Gasteiger charge is 2.41. The summed E-state index contributed by atoms with van der Waals surface area (Å²) in [4.78, 5) is 26.0. The van der Waals surface area contributed by atoms with E-state index in [0.29, 0.717) is 43.3 Å². The first kappa shape index (κ1) is 26.2. The number of halogens is 3. The number of aromatic nitrogens is 4. The zero-order valence-electron chi connectivity index (χ0n) is 21.7. The Balaban J connectivity index is 1.22. The van der Waals surface area contributed by atoms with Crippen molar-refractivity contribution in [2.24, 2.45) is 0 Å². The Bertz CT molecular complexity index is 1440. The van der Waals surface area contributed by atoms with Crippen LogP contribution in [0.3, 0.4) is 0 Å². The van der Waals surface area contributed by atoms with Crippen LogP contribution in [0.4, 0.5) is 35.2 Å². The van der Waals surface area contributed by atoms with Gasteiger partial charge >= 0.3 is 12.2 Å². The molecule has 0 unspecified atom stereocenters. The first-order valence-corrected chi connectivity index (χ1v) is 12.7. The molecule has 6 rings (SSSR count). The number of nitrogens with zero attached hydrogens (tertiary/aromatic N) is 6. The van der Waals surface area contributed by atoms with E-state index in [0.717, 1.165) is 12.1 Å². The summed E-state index contributed by atoms with van der Waals surface area (Å²) in [7, 11) is 0. The van der Waals surface area contributed by atoms with E-state index in [-0.39, 0.29) is 36.0 Å². The van der Waals surface area contributed by atoms with Crippen LogP contribution in [0.5, 0.6) is 5.88 Å². The van der Waals surface area contributed by atoms with Gasteiger partial charge in [0.15, 0.2) is 17.4 Å². The van der Waals surface area contributed by atoms with Gasteiger partial charge in [0.25, 0.3) is 0 Å². The van der Waals surface area contributed by atoms with Crippen LogP contribution >= 0.6 is 0 Å². The average Bonchev–Trinajstić information content (AvgIpc) is 3.50. The van der Waals surface area contributed by atoms with Crippen molar-refractivity contribution in [2.45, 2.75) is 44.4 Å². The highest BCUT2D eigenvalue weighted by molar-refractivity contribution is 6.04. The summed E-state index contributed by atoms with van der Waals surface area (Å²) in [5, 5.41) is 10.7. The maximum Gasteiger partial charge on any atom is 0.416 e. The summed E-state index contributed by atoms with van der Waals surface area (Å²) in [6.07, 6.45) is -1.13. The molecule has 0 spiro atoms. The number of ether oxygens (including phenoxy) is 3. The third-order valence-corrected chi connectivity index (χ3v) is 6.88. The number of rotatable bonds is 5. The fourth-order valence-corrected chi connectivity index (χ4v) is 5.04. The molecule has 3 aromatic rings. The van der Waals surface area contributed by atoms with Gasteiger partial charge < -0.3 is 24.4 Å². The molecule has 210 valence electrons. The van der Waals surface area contributed by atoms with E-state index >= 15 is 0 Å². The predicted molar refractivity (Wildman–Crippen MR) is 137 cm³/mol. The van der Waals surface area contributed by atoms with Crippen molar-refractivity contribution < 1.29 is 32.2 Å². The molecule has 0 radical (unpaired) electrons. The van der Waals surface area contributed by atoms with Crippen LogP contribution in [0.25, 0.3) is 11.4 Å². The van der Waals surface area contributed by atoms with Crippen molar-refractivity contribution in [3.63, 3.8) is 0 Å². The van der Waals surface area contributed by atoms with Gasteiger partial charge in [-0.3, -0.25) is 4.90 Å². The van der Waals surface area contributed by atoms with Crippen molar-refractivity contribution in [1.82, 2.24) is 20.2 Å². The first-order valence-electron chi connectivity index (χ1n) is 12.7. The molecule has 1 aromatic carbocycles. The second-order valence-electron chi connectivity index (χ2n) is 10.2. The zero-order chi connectivity index (χ0) is 28.1. The maximum atomic E-state index is 13.6. The van der Waals surface area contributed by atoms with Crippen LogP contribution in [-0.2, 0) is 15.7 Å². The maximum absolute atomic E-state index is 13.6. The number of hydrogen-bond donors (Lipinski definition) is 1. The van der Waals surface area contributed by atoms with E-state index in [4.69, 9.17) is 14.2 Å². The third-order valence-electron chi connectivity index (χ3n) is 6.88. The normalized spacial score (nSPS) is 21.3. The van der Waals surface area contributed by atoms with E-state index in [1.807, 2.05) is 13.8 Å². The molecule has 2 fully saturated rings. The Morgan fingerprint density at radius 2 is 2.10 bits per heavy atom. The Hall–Kier alpha value is -4.04. The molecule has 2 aromatic heterocycles. The van der Waals surface area contributed by atoms with Crippen molar-refractivity contribution in [2.75, 3.05) is 41.4 Å². The van der Waals surface area contributed by atoms with E-state index < -0.39 is 23.6 Å². The van der Waals surface area contributed by atoms with Gasteiger partial charge in [-0.15, -0.1) is 5.10 Å². The summed E-state index contributed by atoms with van der Waals surface area (Å²) >= 11 is 0. The molecule has 5 heterocycles. The number of alkyl halides is 3. The summed E-state index contributed by atoms with van der Waals surface area (Å²) in [6, 6.07) is 5.71. The van der Waals surface area contributed by atoms with Crippen molar-refractivity contribution >= 4 is 23.2 Å². The standard InChI is InChI=1S/C26H26F3N7O4/c1-25(2)39-14-19(40-25)13-38-21-9-17(10-31-34-21)32-24(37)36-18-6-7-35(12-18)20-11-30-22(33-23(20)36)15-4-3-5-16(8-15)26(27,28)29/h3-5,8-11,18-19H,6-7,12-14H2,1-2H3,(H,32,34,37)/t18-,19-/m0/s1. The second-order valence-corrected chi connectivity index (χ2v) is 10.2. The fourth-order valence-electron chi connectivity index (χ4n) is 5.04. The number of urea groups is 1. The lowest BCUT2D eigenvalue weighted by Crippen LogP contribution is -2.48. The van der Waals surface area contributed by atoms with Gasteiger partial charge in [-0.05, 0) is 32.4 Å². The number of benzene rings is 1. The second kappa shape index (κ2) is 9.86. The Labute approximate surface area is 227 Å². The lowest BCUT2D eigenvalue weighted by molar-refractivity contribution is -0.141. The van der Waals surface area contributed by atoms with E-state index in [2.05, 4.69) is 30.4 Å². The number of amides is 2. The SMILES string of the molecule is CC1(C)OC[C@H](COc2cc(NC(=O)N3c4nc(-c5cccc(C(F)(F)F)c5)ncc4N4CC[C@H]3C4)cnn2)O1. The molecule has 14 heteroatoms. The summed E-state index contributed by atoms with van der Waals surface area (Å²) in [5.74, 6) is -0.0622. The summed E-state index contributed by atoms with van der Waals surface area (Å²) in [5.41, 5.74) is 0.390. The van der Waals surface area contributed by atoms with Crippen molar-refractivity contribution in [3.8, 4) is 17.3 Å². The molecule has 3 aliphatic heterocycles. The van der Waals surface area contributed by atoms with Gasteiger partial charge in [0.2, 0.25) is 5.88 Å². The molecule has 11 nitrogen and oxygen atoms in total. The molecule has 2 bridgehead atoms. The third kappa shape index (κ3) is 5.23. The molecule has 2 atom stereocenters. The van der Waals surface area contributed by atoms with Gasteiger partial charge in [-0.2, -0.15) is 18.3 Å². The molecule has 3 aliphatic rings. The van der Waals surface area contributed by atoms with Gasteiger partial charge in [-0.1, -0.05) is 12.1 Å². The van der Waals surface area contributed by atoms with Crippen LogP contribution in [0.1, 0.15) is 25.8 Å². The lowest BCUT2D eigenvalue weighted by atomic mass is 10.1. The summed E-state index contributed by atoms with van der Waals surface area (Å²) in [6.45, 7) is 5.51. The summed E-state index contributed by atoms with van der Waals surface area (Å²) < 4.78 is 56.8. The highest BCUT2D eigenvalue weighted by Crippen LogP contribution is 2.40. The number of anilines is 3. The number of fused-ring (bicyclic) bond motifs is 4. The van der Waals surface area contributed by atoms with E-state index in [1.165, 1.54) is 23.2 Å². The largest absolute Gasteiger partial charge is 0.474 e. The zero-order valence-corrected chi connectivity index (χ0v) is 21.7. The monoisotopic (exact) mass is 557 g/mol. The smallest absolute Gasteiger partial charge is 0.416 e. The lowest BCUT2D eigenvalue weighted by Gasteiger charge is -2.35. The molecule has 1 N–H and O–H groups in total. The molecule has 0 saturated carbocycles. The van der Waals surface area contributed by atoms with Crippen LogP contribution in [0, 0.1) is 0 Å². The number of carbonyl (C=O) groups is 1. The highest BCUT2D eigenvalue weighted by atomic mass is 19.4. The molecule has 2 amide bonds. The van der Waals surface area contributed by atoms with Crippen LogP contribution < -0.4 is 19.9 Å². The Morgan fingerprint density at radius 3 is 2.88 bits per heavy atom. The minimum absolute atomic E-state index is 0.0905. The van der Waals surface area contributed by atoms with Gasteiger partial charge in [0.05, 0.1) is 42.0 Å². The van der Waals surface area contributed by atoms with Crippen LogP contribution in [0.15, 0.2) is 42.7 Å². The Kier molecular flexibility index (Phi) is 6.45. The molecule has 40 heavy (non-hydrogen) atoms.